The van der Waals surface area contributed by atoms with Crippen LogP contribution in [0.25, 0.3) is 0 Å². The summed E-state index contributed by atoms with van der Waals surface area (Å²) in [5.41, 5.74) is 1.29. The number of unbranched alkanes of at least 4 members (excludes halogenated alkanes) is 1. The van der Waals surface area contributed by atoms with E-state index in [4.69, 9.17) is 4.74 Å². The van der Waals surface area contributed by atoms with Gasteiger partial charge in [-0.15, -0.1) is 0 Å². The minimum absolute atomic E-state index is 0. The molecule has 0 aromatic heterocycles. The van der Waals surface area contributed by atoms with E-state index in [1.807, 2.05) is 18.2 Å². The van der Waals surface area contributed by atoms with E-state index in [0.29, 0.717) is 26.1 Å². The third-order valence-corrected chi connectivity index (χ3v) is 3.32. The second kappa shape index (κ2) is 10.8. The molecule has 0 amide bonds. The van der Waals surface area contributed by atoms with Crippen molar-refractivity contribution in [2.75, 3.05) is 19.0 Å². The Morgan fingerprint density at radius 2 is 1.63 bits per heavy atom. The molecule has 1 aromatic carbocycles. The predicted molar refractivity (Wildman–Crippen MR) is 69.4 cm³/mol. The molecule has 0 aliphatic heterocycles. The molecule has 0 bridgehead atoms. The van der Waals surface area contributed by atoms with Gasteiger partial charge in [-0.3, -0.25) is 0 Å². The van der Waals surface area contributed by atoms with Crippen LogP contribution in [-0.2, 0) is 21.3 Å². The number of benzene rings is 1. The van der Waals surface area contributed by atoms with Gasteiger partial charge in [-0.25, -0.2) is 8.42 Å². The Kier molecular flexibility index (Phi) is 10.9. The first kappa shape index (κ1) is 19.1. The average molecular weight is 294 g/mol. The normalized spacial score (nSPS) is 11.0. The van der Waals surface area contributed by atoms with E-state index in [1.165, 1.54) is 5.56 Å². The van der Waals surface area contributed by atoms with Gasteiger partial charge in [-0.1, -0.05) is 30.3 Å². The molecule has 19 heavy (non-hydrogen) atoms. The maximum absolute atomic E-state index is 10.3. The molecule has 102 valence electrons. The summed E-state index contributed by atoms with van der Waals surface area (Å²) in [4.78, 5) is 0. The van der Waals surface area contributed by atoms with Crippen molar-refractivity contribution in [1.82, 2.24) is 0 Å². The van der Waals surface area contributed by atoms with E-state index in [2.05, 4.69) is 12.1 Å². The van der Waals surface area contributed by atoms with Crippen molar-refractivity contribution in [3.63, 3.8) is 0 Å². The molecule has 0 N–H and O–H groups in total. The fraction of sp³-hybridized carbons (Fsp3) is 0.538. The van der Waals surface area contributed by atoms with Gasteiger partial charge in [-0.05, 0) is 31.2 Å². The first-order chi connectivity index (χ1) is 8.58. The van der Waals surface area contributed by atoms with Crippen LogP contribution in [0.4, 0.5) is 0 Å². The van der Waals surface area contributed by atoms with Crippen molar-refractivity contribution >= 4 is 10.1 Å². The van der Waals surface area contributed by atoms with Crippen LogP contribution in [0.5, 0.6) is 0 Å². The van der Waals surface area contributed by atoms with Crippen LogP contribution >= 0.6 is 0 Å². The quantitative estimate of drug-likeness (QED) is 0.332. The molecule has 0 saturated heterocycles. The van der Waals surface area contributed by atoms with Crippen LogP contribution in [0.2, 0.25) is 0 Å². The molecule has 0 atom stereocenters. The number of ether oxygens (including phenoxy) is 1. The van der Waals surface area contributed by atoms with Gasteiger partial charge in [0.1, 0.15) is 0 Å². The Hall–Kier alpha value is 0.0900. The van der Waals surface area contributed by atoms with Crippen molar-refractivity contribution in [1.29, 1.82) is 0 Å². The fourth-order valence-electron chi connectivity index (χ4n) is 1.61. The molecule has 4 nitrogen and oxygen atoms in total. The third kappa shape index (κ3) is 11.6. The van der Waals surface area contributed by atoms with Gasteiger partial charge in [0.2, 0.25) is 0 Å². The zero-order chi connectivity index (χ0) is 13.3. The predicted octanol–water partition coefficient (Wildman–Crippen LogP) is -1.03. The standard InChI is InChI=1S/C13H20O4S.Na/c14-18(15,16)12-5-4-10-17-11-6-9-13-7-2-1-3-8-13;/h1-3,7-8H,4-6,9-12H2,(H,14,15,16);/q;+1/p-1. The summed E-state index contributed by atoms with van der Waals surface area (Å²) in [5.74, 6) is -0.291. The van der Waals surface area contributed by atoms with E-state index in [9.17, 15) is 13.0 Å². The summed E-state index contributed by atoms with van der Waals surface area (Å²) < 4.78 is 36.4. The van der Waals surface area contributed by atoms with Gasteiger partial charge in [0.25, 0.3) is 0 Å². The van der Waals surface area contributed by atoms with Gasteiger partial charge < -0.3 is 9.29 Å². The molecule has 0 saturated carbocycles. The molecule has 0 aliphatic carbocycles. The van der Waals surface area contributed by atoms with Crippen molar-refractivity contribution in [2.45, 2.75) is 25.7 Å². The Morgan fingerprint density at radius 1 is 1.00 bits per heavy atom. The van der Waals surface area contributed by atoms with E-state index >= 15 is 0 Å². The van der Waals surface area contributed by atoms with Crippen molar-refractivity contribution in [3.8, 4) is 0 Å². The Bertz CT molecular complexity index is 420. The Balaban J connectivity index is 0.00000324. The summed E-state index contributed by atoms with van der Waals surface area (Å²) in [5, 5.41) is 0. The largest absolute Gasteiger partial charge is 1.00 e. The number of rotatable bonds is 9. The number of hydrogen-bond acceptors (Lipinski definition) is 4. The molecule has 6 heteroatoms. The van der Waals surface area contributed by atoms with Gasteiger partial charge >= 0.3 is 29.6 Å². The van der Waals surface area contributed by atoms with Gasteiger partial charge in [0.15, 0.2) is 0 Å². The fourth-order valence-corrected chi connectivity index (χ4v) is 2.17. The van der Waals surface area contributed by atoms with Crippen LogP contribution in [0.3, 0.4) is 0 Å². The van der Waals surface area contributed by atoms with E-state index in [0.717, 1.165) is 12.8 Å². The van der Waals surface area contributed by atoms with Crippen LogP contribution in [0.15, 0.2) is 30.3 Å². The third-order valence-electron chi connectivity index (χ3n) is 2.53. The summed E-state index contributed by atoms with van der Waals surface area (Å²) in [6.45, 7) is 1.18. The maximum atomic E-state index is 10.3. The van der Waals surface area contributed by atoms with E-state index in [-0.39, 0.29) is 35.3 Å². The van der Waals surface area contributed by atoms with Crippen LogP contribution in [0, 0.1) is 0 Å². The molecule has 1 rings (SSSR count). The van der Waals surface area contributed by atoms with Crippen molar-refractivity contribution in [2.24, 2.45) is 0 Å². The smallest absolute Gasteiger partial charge is 0.748 e. The molecule has 1 aromatic rings. The van der Waals surface area contributed by atoms with Gasteiger partial charge in [0, 0.05) is 19.0 Å². The second-order valence-corrected chi connectivity index (χ2v) is 5.69. The Labute approximate surface area is 137 Å². The second-order valence-electron chi connectivity index (χ2n) is 4.17. The number of hydrogen-bond donors (Lipinski definition) is 0. The topological polar surface area (TPSA) is 66.4 Å². The Morgan fingerprint density at radius 3 is 2.26 bits per heavy atom. The van der Waals surface area contributed by atoms with Crippen LogP contribution in [-0.4, -0.2) is 31.9 Å². The number of aryl methyl sites for hydroxylation is 1. The monoisotopic (exact) mass is 294 g/mol. The summed E-state index contributed by atoms with van der Waals surface area (Å²) in [6.07, 6.45) is 2.93. The molecular formula is C13H19NaO4S. The zero-order valence-corrected chi connectivity index (χ0v) is 14.2. The van der Waals surface area contributed by atoms with Crippen LogP contribution < -0.4 is 29.6 Å². The minimum atomic E-state index is -4.06. The average Bonchev–Trinajstić information content (AvgIpc) is 2.32. The van der Waals surface area contributed by atoms with Gasteiger partial charge in [0.05, 0.1) is 10.1 Å². The molecule has 0 spiro atoms. The molecule has 0 fully saturated rings. The molecular weight excluding hydrogens is 275 g/mol. The van der Waals surface area contributed by atoms with E-state index < -0.39 is 10.1 Å². The SMILES string of the molecule is O=S(=O)([O-])CCCCOCCCc1ccccc1.[Na+]. The van der Waals surface area contributed by atoms with Crippen LogP contribution in [0.1, 0.15) is 24.8 Å². The van der Waals surface area contributed by atoms with Crippen molar-refractivity contribution < 1.29 is 47.3 Å². The maximum Gasteiger partial charge on any atom is 1.00 e. The molecule has 0 radical (unpaired) electrons. The zero-order valence-electron chi connectivity index (χ0n) is 11.4. The first-order valence-electron chi connectivity index (χ1n) is 6.13. The molecule has 0 heterocycles. The van der Waals surface area contributed by atoms with Crippen molar-refractivity contribution in [3.05, 3.63) is 35.9 Å². The van der Waals surface area contributed by atoms with Gasteiger partial charge in [-0.2, -0.15) is 0 Å². The minimum Gasteiger partial charge on any atom is -0.748 e. The molecule has 0 aliphatic rings. The summed E-state index contributed by atoms with van der Waals surface area (Å²) >= 11 is 0. The summed E-state index contributed by atoms with van der Waals surface area (Å²) in [6, 6.07) is 10.2. The van der Waals surface area contributed by atoms with E-state index in [1.54, 1.807) is 0 Å². The summed E-state index contributed by atoms with van der Waals surface area (Å²) in [7, 11) is -4.06. The first-order valence-corrected chi connectivity index (χ1v) is 7.71. The molecule has 0 unspecified atom stereocenters.